The average molecular weight is 258 g/mol. The zero-order valence-corrected chi connectivity index (χ0v) is 10.0. The molecule has 0 amide bonds. The molecule has 0 unspecified atom stereocenters. The van der Waals surface area contributed by atoms with Crippen LogP contribution < -0.4 is 4.74 Å². The van der Waals surface area contributed by atoms with Crippen molar-refractivity contribution in [1.29, 1.82) is 0 Å². The molecular formula is C13H10N2O4. The van der Waals surface area contributed by atoms with Crippen molar-refractivity contribution < 1.29 is 19.1 Å². The number of carboxylic acids is 1. The zero-order valence-electron chi connectivity index (χ0n) is 10.0. The van der Waals surface area contributed by atoms with Crippen LogP contribution in [-0.4, -0.2) is 20.9 Å². The molecule has 2 aromatic heterocycles. The number of hydrogen-bond donors (Lipinski definition) is 1. The van der Waals surface area contributed by atoms with Crippen LogP contribution in [0.15, 0.2) is 40.9 Å². The molecule has 1 N–H and O–H groups in total. The number of carboxylic acid groups (broad SMARTS) is 1. The quantitative estimate of drug-likeness (QED) is 0.781. The number of hydrogen-bond acceptors (Lipinski definition) is 4. The maximum absolute atomic E-state index is 10.7. The van der Waals surface area contributed by atoms with Gasteiger partial charge in [-0.1, -0.05) is 0 Å². The van der Waals surface area contributed by atoms with Crippen LogP contribution in [0, 0.1) is 0 Å². The van der Waals surface area contributed by atoms with Crippen molar-refractivity contribution in [2.24, 2.45) is 7.05 Å². The lowest BCUT2D eigenvalue weighted by Crippen LogP contribution is -1.92. The summed E-state index contributed by atoms with van der Waals surface area (Å²) in [5, 5.41) is 13.9. The van der Waals surface area contributed by atoms with Crippen molar-refractivity contribution in [1.82, 2.24) is 9.78 Å². The van der Waals surface area contributed by atoms with Crippen LogP contribution in [0.1, 0.15) is 10.6 Å². The molecule has 0 fully saturated rings. The van der Waals surface area contributed by atoms with Crippen LogP contribution in [0.5, 0.6) is 11.7 Å². The molecule has 0 bridgehead atoms. The Balaban J connectivity index is 1.91. The molecule has 0 aliphatic rings. The molecule has 3 aromatic rings. The minimum Gasteiger partial charge on any atom is -0.475 e. The fourth-order valence-corrected chi connectivity index (χ4v) is 1.79. The molecule has 0 saturated heterocycles. The van der Waals surface area contributed by atoms with E-state index < -0.39 is 5.97 Å². The molecule has 6 nitrogen and oxygen atoms in total. The SMILES string of the molecule is Cn1ncc2ccc(Oc3ccc(C(=O)O)o3)cc21. The summed E-state index contributed by atoms with van der Waals surface area (Å²) in [5.74, 6) is -0.588. The number of aromatic carboxylic acids is 1. The minimum absolute atomic E-state index is 0.138. The highest BCUT2D eigenvalue weighted by Gasteiger charge is 2.10. The lowest BCUT2D eigenvalue weighted by molar-refractivity contribution is 0.0657. The summed E-state index contributed by atoms with van der Waals surface area (Å²) in [6, 6.07) is 8.27. The van der Waals surface area contributed by atoms with E-state index in [0.717, 1.165) is 10.9 Å². The van der Waals surface area contributed by atoms with Gasteiger partial charge in [-0.2, -0.15) is 5.10 Å². The largest absolute Gasteiger partial charge is 0.475 e. The summed E-state index contributed by atoms with van der Waals surface area (Å²) in [5.41, 5.74) is 0.919. The molecule has 0 spiro atoms. The molecule has 19 heavy (non-hydrogen) atoms. The number of rotatable bonds is 3. The van der Waals surface area contributed by atoms with E-state index in [2.05, 4.69) is 5.10 Å². The first kappa shape index (κ1) is 11.3. The summed E-state index contributed by atoms with van der Waals surface area (Å²) in [6.07, 6.45) is 1.76. The fourth-order valence-electron chi connectivity index (χ4n) is 1.79. The maximum atomic E-state index is 10.7. The first-order chi connectivity index (χ1) is 9.13. The van der Waals surface area contributed by atoms with Gasteiger partial charge in [-0.15, -0.1) is 0 Å². The molecule has 0 aliphatic heterocycles. The summed E-state index contributed by atoms with van der Waals surface area (Å²) in [7, 11) is 1.83. The average Bonchev–Trinajstić information content (AvgIpc) is 2.98. The molecule has 96 valence electrons. The van der Waals surface area contributed by atoms with Gasteiger partial charge in [0, 0.05) is 24.6 Å². The van der Waals surface area contributed by atoms with Crippen molar-refractivity contribution in [2.45, 2.75) is 0 Å². The van der Waals surface area contributed by atoms with Gasteiger partial charge in [-0.3, -0.25) is 4.68 Å². The van der Waals surface area contributed by atoms with E-state index in [1.54, 1.807) is 16.9 Å². The number of ether oxygens (including phenoxy) is 1. The maximum Gasteiger partial charge on any atom is 0.371 e. The number of aryl methyl sites for hydroxylation is 1. The Morgan fingerprint density at radius 3 is 2.95 bits per heavy atom. The standard InChI is InChI=1S/C13H10N2O4/c1-15-10-6-9(3-2-8(10)7-14-15)18-12-5-4-11(19-12)13(16)17/h2-7H,1H3,(H,16,17). The van der Waals surface area contributed by atoms with Gasteiger partial charge in [-0.25, -0.2) is 4.79 Å². The summed E-state index contributed by atoms with van der Waals surface area (Å²) >= 11 is 0. The monoisotopic (exact) mass is 258 g/mol. The van der Waals surface area contributed by atoms with E-state index in [0.29, 0.717) is 5.75 Å². The van der Waals surface area contributed by atoms with Gasteiger partial charge in [0.25, 0.3) is 5.95 Å². The second kappa shape index (κ2) is 4.16. The van der Waals surface area contributed by atoms with E-state index in [-0.39, 0.29) is 11.7 Å². The van der Waals surface area contributed by atoms with Crippen LogP contribution >= 0.6 is 0 Å². The first-order valence-corrected chi connectivity index (χ1v) is 5.56. The van der Waals surface area contributed by atoms with Crippen LogP contribution in [-0.2, 0) is 7.05 Å². The molecule has 0 saturated carbocycles. The Morgan fingerprint density at radius 2 is 2.21 bits per heavy atom. The predicted octanol–water partition coefficient (Wildman–Crippen LogP) is 2.66. The Morgan fingerprint density at radius 1 is 1.37 bits per heavy atom. The van der Waals surface area contributed by atoms with Crippen LogP contribution in [0.3, 0.4) is 0 Å². The number of benzene rings is 1. The van der Waals surface area contributed by atoms with Crippen LogP contribution in [0.25, 0.3) is 10.9 Å². The Kier molecular flexibility index (Phi) is 2.49. The highest BCUT2D eigenvalue weighted by atomic mass is 16.6. The third-order valence-electron chi connectivity index (χ3n) is 2.73. The van der Waals surface area contributed by atoms with Gasteiger partial charge in [0.2, 0.25) is 5.76 Å². The summed E-state index contributed by atoms with van der Waals surface area (Å²) in [6.45, 7) is 0. The molecule has 1 aromatic carbocycles. The molecular weight excluding hydrogens is 248 g/mol. The van der Waals surface area contributed by atoms with Crippen LogP contribution in [0.4, 0.5) is 0 Å². The Labute approximate surface area is 107 Å². The van der Waals surface area contributed by atoms with Crippen molar-refractivity contribution in [2.75, 3.05) is 0 Å². The number of furan rings is 1. The summed E-state index contributed by atoms with van der Waals surface area (Å²) in [4.78, 5) is 10.7. The van der Waals surface area contributed by atoms with Crippen molar-refractivity contribution >= 4 is 16.9 Å². The third-order valence-corrected chi connectivity index (χ3v) is 2.73. The van der Waals surface area contributed by atoms with Crippen LogP contribution in [0.2, 0.25) is 0 Å². The fraction of sp³-hybridized carbons (Fsp3) is 0.0769. The van der Waals surface area contributed by atoms with E-state index in [9.17, 15) is 4.79 Å². The lowest BCUT2D eigenvalue weighted by atomic mass is 10.2. The number of aromatic nitrogens is 2. The zero-order chi connectivity index (χ0) is 13.4. The van der Waals surface area contributed by atoms with E-state index in [4.69, 9.17) is 14.3 Å². The highest BCUT2D eigenvalue weighted by molar-refractivity contribution is 5.84. The molecule has 0 radical (unpaired) electrons. The van der Waals surface area contributed by atoms with Gasteiger partial charge < -0.3 is 14.3 Å². The summed E-state index contributed by atoms with van der Waals surface area (Å²) < 4.78 is 12.2. The van der Waals surface area contributed by atoms with Gasteiger partial charge >= 0.3 is 5.97 Å². The molecule has 3 rings (SSSR count). The number of nitrogens with zero attached hydrogens (tertiary/aromatic N) is 2. The molecule has 0 aliphatic carbocycles. The van der Waals surface area contributed by atoms with Gasteiger partial charge in [0.05, 0.1) is 11.7 Å². The second-order valence-corrected chi connectivity index (χ2v) is 4.01. The Hall–Kier alpha value is -2.76. The van der Waals surface area contributed by atoms with Crippen molar-refractivity contribution in [3.8, 4) is 11.7 Å². The topological polar surface area (TPSA) is 77.5 Å². The van der Waals surface area contributed by atoms with E-state index in [1.165, 1.54) is 12.1 Å². The molecule has 6 heteroatoms. The lowest BCUT2D eigenvalue weighted by Gasteiger charge is -2.02. The Bertz CT molecular complexity index is 757. The molecule has 2 heterocycles. The van der Waals surface area contributed by atoms with E-state index in [1.807, 2.05) is 19.2 Å². The first-order valence-electron chi connectivity index (χ1n) is 5.56. The van der Waals surface area contributed by atoms with Gasteiger partial charge in [0.15, 0.2) is 0 Å². The second-order valence-electron chi connectivity index (χ2n) is 4.01. The normalized spacial score (nSPS) is 10.8. The number of fused-ring (bicyclic) bond motifs is 1. The highest BCUT2D eigenvalue weighted by Crippen LogP contribution is 2.26. The molecule has 0 atom stereocenters. The third kappa shape index (κ3) is 2.03. The number of carbonyl (C=O) groups is 1. The predicted molar refractivity (Wildman–Crippen MR) is 66.5 cm³/mol. The smallest absolute Gasteiger partial charge is 0.371 e. The minimum atomic E-state index is -1.13. The van der Waals surface area contributed by atoms with Crippen molar-refractivity contribution in [3.05, 3.63) is 42.3 Å². The van der Waals surface area contributed by atoms with Gasteiger partial charge in [-0.05, 0) is 18.2 Å². The van der Waals surface area contributed by atoms with Crippen molar-refractivity contribution in [3.63, 3.8) is 0 Å². The van der Waals surface area contributed by atoms with Gasteiger partial charge in [0.1, 0.15) is 5.75 Å². The van der Waals surface area contributed by atoms with E-state index >= 15 is 0 Å².